The lowest BCUT2D eigenvalue weighted by molar-refractivity contribution is 0.0953. The Balaban J connectivity index is 2.06. The van der Waals surface area contributed by atoms with E-state index in [1.165, 1.54) is 12.1 Å². The van der Waals surface area contributed by atoms with Gasteiger partial charge in [0, 0.05) is 29.2 Å². The lowest BCUT2D eigenvalue weighted by atomic mass is 9.94. The third-order valence-electron chi connectivity index (χ3n) is 4.47. The van der Waals surface area contributed by atoms with Gasteiger partial charge in [-0.05, 0) is 50.1 Å². The molecule has 3 aromatic rings. The summed E-state index contributed by atoms with van der Waals surface area (Å²) in [6, 6.07) is 9.47. The van der Waals surface area contributed by atoms with Gasteiger partial charge in [-0.1, -0.05) is 6.07 Å². The van der Waals surface area contributed by atoms with Crippen LogP contribution in [0.1, 0.15) is 41.9 Å². The van der Waals surface area contributed by atoms with Crippen LogP contribution in [0.4, 0.5) is 4.39 Å². The van der Waals surface area contributed by atoms with E-state index in [0.717, 1.165) is 12.8 Å². The normalized spacial score (nSPS) is 15.0. The number of halogens is 1. The Morgan fingerprint density at radius 2 is 2.12 bits per heavy atom. The lowest BCUT2D eigenvalue weighted by Gasteiger charge is -2.18. The smallest absolute Gasteiger partial charge is 0.252 e. The van der Waals surface area contributed by atoms with E-state index in [0.29, 0.717) is 33.4 Å². The molecule has 0 aliphatic heterocycles. The number of rotatable bonds is 4. The van der Waals surface area contributed by atoms with Crippen LogP contribution in [0.5, 0.6) is 0 Å². The molecule has 2 aromatic heterocycles. The van der Waals surface area contributed by atoms with E-state index >= 15 is 0 Å². The number of hydrogen-bond acceptors (Lipinski definition) is 4. The molecule has 0 radical (unpaired) electrons. The van der Waals surface area contributed by atoms with Gasteiger partial charge in [-0.25, -0.2) is 4.39 Å². The van der Waals surface area contributed by atoms with Crippen molar-refractivity contribution in [2.45, 2.75) is 31.8 Å². The number of nitrogens with zero attached hydrogens (tertiary/aromatic N) is 2. The van der Waals surface area contributed by atoms with Crippen LogP contribution in [-0.2, 0) is 0 Å². The third kappa shape index (κ3) is 3.04. The number of fused-ring (bicyclic) bond motifs is 1. The Labute approximate surface area is 150 Å². The molecule has 26 heavy (non-hydrogen) atoms. The molecule has 0 saturated heterocycles. The minimum Gasteiger partial charge on any atom is -0.349 e. The molecule has 4 rings (SSSR count). The van der Waals surface area contributed by atoms with Crippen LogP contribution in [0, 0.1) is 5.82 Å². The van der Waals surface area contributed by atoms with Gasteiger partial charge in [0.25, 0.3) is 5.91 Å². The Kier molecular flexibility index (Phi) is 4.12. The zero-order valence-corrected chi connectivity index (χ0v) is 14.4. The van der Waals surface area contributed by atoms with Crippen molar-refractivity contribution in [3.8, 4) is 11.3 Å². The molecule has 1 unspecified atom stereocenters. The molecule has 3 N–H and O–H groups in total. The Bertz CT molecular complexity index is 984. The first kappa shape index (κ1) is 16.6. The predicted molar refractivity (Wildman–Crippen MR) is 98.0 cm³/mol. The fraction of sp³-hybridized carbons (Fsp3) is 0.250. The molecule has 1 aliphatic carbocycles. The van der Waals surface area contributed by atoms with Crippen LogP contribution < -0.4 is 11.1 Å². The van der Waals surface area contributed by atoms with Crippen LogP contribution in [0.2, 0.25) is 0 Å². The van der Waals surface area contributed by atoms with Gasteiger partial charge in [0.1, 0.15) is 5.82 Å². The zero-order valence-electron chi connectivity index (χ0n) is 14.4. The summed E-state index contributed by atoms with van der Waals surface area (Å²) < 4.78 is 13.9. The first-order valence-corrected chi connectivity index (χ1v) is 8.65. The number of amides is 1. The molecular weight excluding hydrogens is 331 g/mol. The summed E-state index contributed by atoms with van der Waals surface area (Å²) in [6.45, 7) is 1.81. The monoisotopic (exact) mass is 350 g/mol. The summed E-state index contributed by atoms with van der Waals surface area (Å²) in [5, 5.41) is 3.47. The molecule has 132 valence electrons. The largest absolute Gasteiger partial charge is 0.349 e. The highest BCUT2D eigenvalue weighted by Crippen LogP contribution is 2.34. The first-order valence-electron chi connectivity index (χ1n) is 8.65. The highest BCUT2D eigenvalue weighted by atomic mass is 19.1. The fourth-order valence-electron chi connectivity index (χ4n) is 3.07. The highest BCUT2D eigenvalue weighted by Gasteiger charge is 2.29. The van der Waals surface area contributed by atoms with Gasteiger partial charge in [-0.3, -0.25) is 14.8 Å². The molecule has 1 aromatic carbocycles. The number of aromatic nitrogens is 2. The topological polar surface area (TPSA) is 80.9 Å². The minimum absolute atomic E-state index is 0.176. The number of hydrogen-bond donors (Lipinski definition) is 2. The second-order valence-electron chi connectivity index (χ2n) is 6.66. The summed E-state index contributed by atoms with van der Waals surface area (Å²) >= 11 is 0. The van der Waals surface area contributed by atoms with Gasteiger partial charge < -0.3 is 11.1 Å². The molecule has 0 bridgehead atoms. The van der Waals surface area contributed by atoms with Crippen molar-refractivity contribution in [2.75, 3.05) is 0 Å². The van der Waals surface area contributed by atoms with Gasteiger partial charge in [-0.2, -0.15) is 0 Å². The van der Waals surface area contributed by atoms with Crippen LogP contribution >= 0.6 is 0 Å². The minimum atomic E-state index is -0.416. The van der Waals surface area contributed by atoms with E-state index in [2.05, 4.69) is 15.3 Å². The van der Waals surface area contributed by atoms with E-state index in [-0.39, 0.29) is 11.9 Å². The average molecular weight is 350 g/mol. The summed E-state index contributed by atoms with van der Waals surface area (Å²) in [6.07, 6.45) is 3.57. The second kappa shape index (κ2) is 6.46. The van der Waals surface area contributed by atoms with Crippen LogP contribution in [0.15, 0.2) is 42.6 Å². The van der Waals surface area contributed by atoms with Gasteiger partial charge in [0.05, 0.1) is 22.5 Å². The number of pyridine rings is 2. The molecule has 1 atom stereocenters. The van der Waals surface area contributed by atoms with Crippen molar-refractivity contribution in [1.82, 2.24) is 15.3 Å². The highest BCUT2D eigenvalue weighted by molar-refractivity contribution is 6.12. The van der Waals surface area contributed by atoms with Gasteiger partial charge in [-0.15, -0.1) is 0 Å². The Hall–Kier alpha value is -2.86. The second-order valence-corrected chi connectivity index (χ2v) is 6.66. The summed E-state index contributed by atoms with van der Waals surface area (Å²) in [4.78, 5) is 22.1. The predicted octanol–water partition coefficient (Wildman–Crippen LogP) is 3.35. The fourth-order valence-corrected chi connectivity index (χ4v) is 3.07. The number of nitrogens with one attached hydrogen (secondary N) is 1. The van der Waals surface area contributed by atoms with Crippen molar-refractivity contribution >= 4 is 16.8 Å². The third-order valence-corrected chi connectivity index (χ3v) is 4.47. The molecule has 2 heterocycles. The molecule has 1 fully saturated rings. The molecule has 5 nitrogen and oxygen atoms in total. The Morgan fingerprint density at radius 3 is 2.77 bits per heavy atom. The van der Waals surface area contributed by atoms with Gasteiger partial charge >= 0.3 is 0 Å². The van der Waals surface area contributed by atoms with E-state index < -0.39 is 11.9 Å². The summed E-state index contributed by atoms with van der Waals surface area (Å²) in [7, 11) is 0. The zero-order chi connectivity index (χ0) is 18.3. The van der Waals surface area contributed by atoms with E-state index in [1.807, 2.05) is 19.1 Å². The van der Waals surface area contributed by atoms with Crippen molar-refractivity contribution in [3.63, 3.8) is 0 Å². The summed E-state index contributed by atoms with van der Waals surface area (Å²) in [5.74, 6) is -0.659. The molecular formula is C20H19FN4O. The SMILES string of the molecule is CC(N)c1nc2ccc(F)cc2c(C(=O)NC2CC2)c1-c1ccccn1. The number of carbonyl (C=O) groups excluding carboxylic acids is 1. The van der Waals surface area contributed by atoms with Crippen molar-refractivity contribution in [1.29, 1.82) is 0 Å². The van der Waals surface area contributed by atoms with Gasteiger partial charge in [0.2, 0.25) is 0 Å². The average Bonchev–Trinajstić information content (AvgIpc) is 3.44. The first-order chi connectivity index (χ1) is 12.5. The maximum absolute atomic E-state index is 13.9. The van der Waals surface area contributed by atoms with Crippen LogP contribution in [0.3, 0.4) is 0 Å². The molecule has 1 amide bonds. The summed E-state index contributed by atoms with van der Waals surface area (Å²) in [5.41, 5.74) is 8.82. The maximum atomic E-state index is 13.9. The molecule has 1 aliphatic rings. The van der Waals surface area contributed by atoms with E-state index in [1.54, 1.807) is 18.3 Å². The van der Waals surface area contributed by atoms with Crippen LogP contribution in [0.25, 0.3) is 22.2 Å². The van der Waals surface area contributed by atoms with E-state index in [4.69, 9.17) is 5.73 Å². The van der Waals surface area contributed by atoms with Crippen molar-refractivity contribution in [3.05, 3.63) is 59.7 Å². The van der Waals surface area contributed by atoms with Crippen molar-refractivity contribution < 1.29 is 9.18 Å². The molecule has 0 spiro atoms. The van der Waals surface area contributed by atoms with Crippen molar-refractivity contribution in [2.24, 2.45) is 5.73 Å². The number of carbonyl (C=O) groups is 1. The molecule has 6 heteroatoms. The number of benzene rings is 1. The number of nitrogens with two attached hydrogens (primary N) is 1. The van der Waals surface area contributed by atoms with Crippen LogP contribution in [-0.4, -0.2) is 21.9 Å². The lowest BCUT2D eigenvalue weighted by Crippen LogP contribution is -2.27. The quantitative estimate of drug-likeness (QED) is 0.756. The standard InChI is InChI=1S/C20H19FN4O/c1-11(22)19-18(16-4-2-3-9-23-16)17(20(26)24-13-6-7-13)14-10-12(21)5-8-15(14)25-19/h2-5,8-11,13H,6-7,22H2,1H3,(H,24,26). The molecule has 1 saturated carbocycles. The van der Waals surface area contributed by atoms with E-state index in [9.17, 15) is 9.18 Å². The Morgan fingerprint density at radius 1 is 1.31 bits per heavy atom. The van der Waals surface area contributed by atoms with Gasteiger partial charge in [0.15, 0.2) is 0 Å². The maximum Gasteiger partial charge on any atom is 0.252 e.